The van der Waals surface area contributed by atoms with Crippen molar-refractivity contribution in [3.63, 3.8) is 0 Å². The number of nitrogens with one attached hydrogen (secondary N) is 1. The fourth-order valence-corrected chi connectivity index (χ4v) is 2.66. The average Bonchev–Trinajstić information content (AvgIpc) is 2.47. The molecule has 4 heteroatoms. The monoisotopic (exact) mass is 288 g/mol. The van der Waals surface area contributed by atoms with E-state index in [1.807, 2.05) is 24.3 Å². The zero-order chi connectivity index (χ0) is 15.5. The van der Waals surface area contributed by atoms with Gasteiger partial charge in [-0.1, -0.05) is 39.0 Å². The Bertz CT molecular complexity index is 526. The van der Waals surface area contributed by atoms with Crippen molar-refractivity contribution in [3.8, 4) is 0 Å². The second-order valence-corrected chi connectivity index (χ2v) is 6.60. The van der Waals surface area contributed by atoms with E-state index in [0.29, 0.717) is 13.1 Å². The molecule has 1 aliphatic rings. The first-order chi connectivity index (χ1) is 9.89. The molecule has 1 saturated heterocycles. The summed E-state index contributed by atoms with van der Waals surface area (Å²) in [5.74, 6) is -0.952. The van der Waals surface area contributed by atoms with Crippen LogP contribution >= 0.6 is 0 Å². The first kappa shape index (κ1) is 15.5. The quantitative estimate of drug-likeness (QED) is 0.808. The fourth-order valence-electron chi connectivity index (χ4n) is 2.66. The largest absolute Gasteiger partial charge is 0.334 e. The Morgan fingerprint density at radius 2 is 1.67 bits per heavy atom. The molecule has 1 fully saturated rings. The molecule has 21 heavy (non-hydrogen) atoms. The van der Waals surface area contributed by atoms with E-state index in [1.54, 1.807) is 4.90 Å². The Kier molecular flexibility index (Phi) is 4.66. The van der Waals surface area contributed by atoms with Crippen LogP contribution in [-0.4, -0.2) is 29.8 Å². The van der Waals surface area contributed by atoms with Crippen molar-refractivity contribution in [1.82, 2.24) is 4.90 Å². The summed E-state index contributed by atoms with van der Waals surface area (Å²) in [6.45, 7) is 7.64. The van der Waals surface area contributed by atoms with Crippen LogP contribution in [0.1, 0.15) is 45.6 Å². The molecule has 4 nitrogen and oxygen atoms in total. The first-order valence-electron chi connectivity index (χ1n) is 7.59. The maximum absolute atomic E-state index is 12.2. The fraction of sp³-hybridized carbons (Fsp3) is 0.529. The molecule has 0 bridgehead atoms. The normalized spacial score (nSPS) is 15.7. The summed E-state index contributed by atoms with van der Waals surface area (Å²) in [5.41, 5.74) is 1.67. The van der Waals surface area contributed by atoms with E-state index in [1.165, 1.54) is 0 Å². The van der Waals surface area contributed by atoms with Gasteiger partial charge >= 0.3 is 11.8 Å². The van der Waals surface area contributed by atoms with E-state index in [4.69, 9.17) is 0 Å². The summed E-state index contributed by atoms with van der Waals surface area (Å²) < 4.78 is 0. The predicted molar refractivity (Wildman–Crippen MR) is 84.2 cm³/mol. The van der Waals surface area contributed by atoms with Gasteiger partial charge in [-0.15, -0.1) is 0 Å². The molecule has 0 atom stereocenters. The molecule has 1 aromatic carbocycles. The lowest BCUT2D eigenvalue weighted by molar-refractivity contribution is -0.143. The summed E-state index contributed by atoms with van der Waals surface area (Å²) in [4.78, 5) is 26.0. The lowest BCUT2D eigenvalue weighted by Gasteiger charge is -2.27. The molecule has 114 valence electrons. The van der Waals surface area contributed by atoms with Crippen molar-refractivity contribution >= 4 is 17.5 Å². The number of carbonyl (C=O) groups is 2. The van der Waals surface area contributed by atoms with Crippen molar-refractivity contribution in [2.75, 3.05) is 18.4 Å². The molecular weight excluding hydrogens is 264 g/mol. The van der Waals surface area contributed by atoms with Gasteiger partial charge in [-0.25, -0.2) is 0 Å². The molecule has 1 heterocycles. The molecule has 0 unspecified atom stereocenters. The number of nitrogens with zero attached hydrogens (tertiary/aromatic N) is 1. The lowest BCUT2D eigenvalue weighted by Crippen LogP contribution is -2.42. The van der Waals surface area contributed by atoms with Gasteiger partial charge in [-0.2, -0.15) is 0 Å². The minimum Gasteiger partial charge on any atom is -0.334 e. The maximum atomic E-state index is 12.2. The average molecular weight is 288 g/mol. The third-order valence-corrected chi connectivity index (χ3v) is 3.82. The summed E-state index contributed by atoms with van der Waals surface area (Å²) in [6.07, 6.45) is 3.10. The van der Waals surface area contributed by atoms with Crippen LogP contribution in [0.5, 0.6) is 0 Å². The van der Waals surface area contributed by atoms with Crippen LogP contribution in [0.15, 0.2) is 24.3 Å². The maximum Gasteiger partial charge on any atom is 0.313 e. The van der Waals surface area contributed by atoms with Gasteiger partial charge < -0.3 is 10.2 Å². The van der Waals surface area contributed by atoms with Crippen LogP contribution in [0.3, 0.4) is 0 Å². The summed E-state index contributed by atoms with van der Waals surface area (Å²) >= 11 is 0. The van der Waals surface area contributed by atoms with E-state index >= 15 is 0 Å². The van der Waals surface area contributed by atoms with Gasteiger partial charge in [0.25, 0.3) is 0 Å². The second-order valence-electron chi connectivity index (χ2n) is 6.60. The van der Waals surface area contributed by atoms with Crippen LogP contribution in [0.4, 0.5) is 5.69 Å². The third-order valence-electron chi connectivity index (χ3n) is 3.82. The molecule has 1 N–H and O–H groups in total. The number of para-hydroxylation sites is 1. The lowest BCUT2D eigenvalue weighted by atomic mass is 9.86. The SMILES string of the molecule is CC(C)(C)c1ccccc1NC(=O)C(=O)N1CCCCC1. The molecule has 2 rings (SSSR count). The highest BCUT2D eigenvalue weighted by molar-refractivity contribution is 6.39. The zero-order valence-corrected chi connectivity index (χ0v) is 13.1. The van der Waals surface area contributed by atoms with Crippen molar-refractivity contribution in [3.05, 3.63) is 29.8 Å². The number of benzene rings is 1. The van der Waals surface area contributed by atoms with Crippen LogP contribution in [0, 0.1) is 0 Å². The minimum atomic E-state index is -0.534. The number of amides is 2. The molecule has 0 spiro atoms. The van der Waals surface area contributed by atoms with E-state index < -0.39 is 11.8 Å². The number of hydrogen-bond donors (Lipinski definition) is 1. The Morgan fingerprint density at radius 3 is 2.29 bits per heavy atom. The second kappa shape index (κ2) is 6.29. The number of rotatable bonds is 1. The molecule has 0 saturated carbocycles. The van der Waals surface area contributed by atoms with Crippen LogP contribution < -0.4 is 5.32 Å². The highest BCUT2D eigenvalue weighted by Gasteiger charge is 2.25. The molecule has 1 aliphatic heterocycles. The van der Waals surface area contributed by atoms with E-state index in [2.05, 4.69) is 26.1 Å². The van der Waals surface area contributed by atoms with Crippen LogP contribution in [0.25, 0.3) is 0 Å². The Labute approximate surface area is 126 Å². The van der Waals surface area contributed by atoms with Gasteiger partial charge in [0.05, 0.1) is 0 Å². The number of hydrogen-bond acceptors (Lipinski definition) is 2. The van der Waals surface area contributed by atoms with Gasteiger partial charge in [0, 0.05) is 18.8 Å². The summed E-state index contributed by atoms with van der Waals surface area (Å²) in [5, 5.41) is 2.78. The van der Waals surface area contributed by atoms with Gasteiger partial charge in [0.15, 0.2) is 0 Å². The highest BCUT2D eigenvalue weighted by atomic mass is 16.2. The van der Waals surface area contributed by atoms with E-state index in [0.717, 1.165) is 30.5 Å². The van der Waals surface area contributed by atoms with Crippen LogP contribution in [-0.2, 0) is 15.0 Å². The Balaban J connectivity index is 2.11. The number of likely N-dealkylation sites (tertiary alicyclic amines) is 1. The van der Waals surface area contributed by atoms with Gasteiger partial charge in [-0.05, 0) is 36.3 Å². The first-order valence-corrected chi connectivity index (χ1v) is 7.59. The third kappa shape index (κ3) is 3.84. The number of anilines is 1. The van der Waals surface area contributed by atoms with Crippen molar-refractivity contribution in [2.45, 2.75) is 45.4 Å². The molecule has 2 amide bonds. The van der Waals surface area contributed by atoms with Crippen molar-refractivity contribution < 1.29 is 9.59 Å². The summed E-state index contributed by atoms with van der Waals surface area (Å²) in [6, 6.07) is 7.65. The zero-order valence-electron chi connectivity index (χ0n) is 13.1. The van der Waals surface area contributed by atoms with Crippen molar-refractivity contribution in [2.24, 2.45) is 0 Å². The Morgan fingerprint density at radius 1 is 1.05 bits per heavy atom. The molecule has 0 aliphatic carbocycles. The van der Waals surface area contributed by atoms with Crippen molar-refractivity contribution in [1.29, 1.82) is 0 Å². The van der Waals surface area contributed by atoms with Gasteiger partial charge in [0.1, 0.15) is 0 Å². The number of piperidine rings is 1. The topological polar surface area (TPSA) is 49.4 Å². The highest BCUT2D eigenvalue weighted by Crippen LogP contribution is 2.29. The molecule has 0 aromatic heterocycles. The van der Waals surface area contributed by atoms with Crippen LogP contribution in [0.2, 0.25) is 0 Å². The molecular formula is C17H24N2O2. The minimum absolute atomic E-state index is 0.0853. The number of carbonyl (C=O) groups excluding carboxylic acids is 2. The van der Waals surface area contributed by atoms with Gasteiger partial charge in [-0.3, -0.25) is 9.59 Å². The molecule has 0 radical (unpaired) electrons. The standard InChI is InChI=1S/C17H24N2O2/c1-17(2,3)13-9-5-6-10-14(13)18-15(20)16(21)19-11-7-4-8-12-19/h5-6,9-10H,4,7-8,11-12H2,1-3H3,(H,18,20). The van der Waals surface area contributed by atoms with E-state index in [-0.39, 0.29) is 5.41 Å². The predicted octanol–water partition coefficient (Wildman–Crippen LogP) is 2.94. The molecule has 1 aromatic rings. The van der Waals surface area contributed by atoms with Gasteiger partial charge in [0.2, 0.25) is 0 Å². The van der Waals surface area contributed by atoms with E-state index in [9.17, 15) is 9.59 Å². The smallest absolute Gasteiger partial charge is 0.313 e. The Hall–Kier alpha value is -1.84. The summed E-state index contributed by atoms with van der Waals surface area (Å²) in [7, 11) is 0.